The SMILES string of the molecule is CC(O)CCNC1CCN(C2CCCCC2)CC1. The maximum atomic E-state index is 9.25. The molecule has 2 rings (SSSR count). The van der Waals surface area contributed by atoms with Gasteiger partial charge in [0.15, 0.2) is 0 Å². The van der Waals surface area contributed by atoms with E-state index in [1.165, 1.54) is 58.0 Å². The van der Waals surface area contributed by atoms with Gasteiger partial charge in [-0.15, -0.1) is 0 Å². The molecule has 1 unspecified atom stereocenters. The maximum Gasteiger partial charge on any atom is 0.0524 e. The zero-order valence-electron chi connectivity index (χ0n) is 11.9. The number of hydrogen-bond acceptors (Lipinski definition) is 3. The summed E-state index contributed by atoms with van der Waals surface area (Å²) in [5.74, 6) is 0. The molecule has 106 valence electrons. The average Bonchev–Trinajstić information content (AvgIpc) is 2.40. The molecular weight excluding hydrogens is 224 g/mol. The largest absolute Gasteiger partial charge is 0.393 e. The third-order valence-corrected chi connectivity index (χ3v) is 4.62. The van der Waals surface area contributed by atoms with E-state index in [1.54, 1.807) is 0 Å². The predicted molar refractivity (Wildman–Crippen MR) is 75.8 cm³/mol. The molecule has 0 spiro atoms. The summed E-state index contributed by atoms with van der Waals surface area (Å²) < 4.78 is 0. The summed E-state index contributed by atoms with van der Waals surface area (Å²) >= 11 is 0. The summed E-state index contributed by atoms with van der Waals surface area (Å²) in [6.45, 7) is 5.38. The first kappa shape index (κ1) is 14.3. The third-order valence-electron chi connectivity index (χ3n) is 4.62. The van der Waals surface area contributed by atoms with E-state index in [9.17, 15) is 5.11 Å². The second-order valence-electron chi connectivity index (χ2n) is 6.19. The fraction of sp³-hybridized carbons (Fsp3) is 1.00. The lowest BCUT2D eigenvalue weighted by Crippen LogP contribution is -2.47. The highest BCUT2D eigenvalue weighted by Crippen LogP contribution is 2.25. The van der Waals surface area contributed by atoms with Crippen LogP contribution in [0.4, 0.5) is 0 Å². The van der Waals surface area contributed by atoms with Gasteiger partial charge in [-0.1, -0.05) is 19.3 Å². The fourth-order valence-corrected chi connectivity index (χ4v) is 3.41. The van der Waals surface area contributed by atoms with E-state index in [0.717, 1.165) is 19.0 Å². The fourth-order valence-electron chi connectivity index (χ4n) is 3.41. The van der Waals surface area contributed by atoms with Crippen molar-refractivity contribution >= 4 is 0 Å². The Hall–Kier alpha value is -0.120. The molecule has 1 heterocycles. The van der Waals surface area contributed by atoms with E-state index in [2.05, 4.69) is 10.2 Å². The molecule has 1 saturated carbocycles. The highest BCUT2D eigenvalue weighted by molar-refractivity contribution is 4.83. The van der Waals surface area contributed by atoms with Crippen molar-refractivity contribution in [3.8, 4) is 0 Å². The normalized spacial score (nSPS) is 26.3. The molecule has 2 fully saturated rings. The number of aliphatic hydroxyl groups excluding tert-OH is 1. The van der Waals surface area contributed by atoms with Gasteiger partial charge in [0.05, 0.1) is 6.10 Å². The number of piperidine rings is 1. The summed E-state index contributed by atoms with van der Waals surface area (Å²) in [5, 5.41) is 12.8. The summed E-state index contributed by atoms with van der Waals surface area (Å²) in [7, 11) is 0. The predicted octanol–water partition coefficient (Wildman–Crippen LogP) is 2.14. The Morgan fingerprint density at radius 2 is 1.78 bits per heavy atom. The van der Waals surface area contributed by atoms with Gasteiger partial charge in [0.1, 0.15) is 0 Å². The van der Waals surface area contributed by atoms with Gasteiger partial charge in [-0.25, -0.2) is 0 Å². The Morgan fingerprint density at radius 1 is 1.11 bits per heavy atom. The molecule has 0 aromatic heterocycles. The molecule has 3 nitrogen and oxygen atoms in total. The second-order valence-corrected chi connectivity index (χ2v) is 6.19. The number of likely N-dealkylation sites (tertiary alicyclic amines) is 1. The van der Waals surface area contributed by atoms with Gasteiger partial charge in [0.25, 0.3) is 0 Å². The van der Waals surface area contributed by atoms with Crippen molar-refractivity contribution in [2.45, 2.75) is 76.5 Å². The van der Waals surface area contributed by atoms with Gasteiger partial charge in [0.2, 0.25) is 0 Å². The van der Waals surface area contributed by atoms with E-state index in [4.69, 9.17) is 0 Å². The van der Waals surface area contributed by atoms with Crippen LogP contribution in [0.2, 0.25) is 0 Å². The minimum absolute atomic E-state index is 0.167. The molecule has 2 N–H and O–H groups in total. The zero-order valence-corrected chi connectivity index (χ0v) is 11.9. The van der Waals surface area contributed by atoms with Crippen LogP contribution in [0.25, 0.3) is 0 Å². The van der Waals surface area contributed by atoms with Crippen molar-refractivity contribution in [2.75, 3.05) is 19.6 Å². The molecule has 0 bridgehead atoms. The molecule has 2 aliphatic rings. The molecule has 1 aliphatic heterocycles. The van der Waals surface area contributed by atoms with Gasteiger partial charge in [-0.3, -0.25) is 0 Å². The summed E-state index contributed by atoms with van der Waals surface area (Å²) in [6, 6.07) is 1.57. The van der Waals surface area contributed by atoms with E-state index in [1.807, 2.05) is 6.92 Å². The first-order chi connectivity index (χ1) is 8.75. The lowest BCUT2D eigenvalue weighted by Gasteiger charge is -2.39. The van der Waals surface area contributed by atoms with Gasteiger partial charge >= 0.3 is 0 Å². The van der Waals surface area contributed by atoms with E-state index < -0.39 is 0 Å². The van der Waals surface area contributed by atoms with E-state index in [-0.39, 0.29) is 6.10 Å². The van der Waals surface area contributed by atoms with Crippen LogP contribution >= 0.6 is 0 Å². The van der Waals surface area contributed by atoms with Crippen LogP contribution in [-0.4, -0.2) is 47.8 Å². The molecule has 1 atom stereocenters. The number of rotatable bonds is 5. The number of nitrogens with zero attached hydrogens (tertiary/aromatic N) is 1. The molecule has 0 radical (unpaired) electrons. The smallest absolute Gasteiger partial charge is 0.0524 e. The van der Waals surface area contributed by atoms with Crippen LogP contribution in [0.5, 0.6) is 0 Å². The number of aliphatic hydroxyl groups is 1. The van der Waals surface area contributed by atoms with Crippen molar-refractivity contribution in [1.82, 2.24) is 10.2 Å². The Morgan fingerprint density at radius 3 is 2.39 bits per heavy atom. The van der Waals surface area contributed by atoms with Crippen molar-refractivity contribution in [3.63, 3.8) is 0 Å². The first-order valence-corrected chi connectivity index (χ1v) is 7.91. The first-order valence-electron chi connectivity index (χ1n) is 7.91. The minimum atomic E-state index is -0.167. The molecule has 0 aromatic rings. The van der Waals surface area contributed by atoms with Crippen molar-refractivity contribution in [2.24, 2.45) is 0 Å². The van der Waals surface area contributed by atoms with Crippen molar-refractivity contribution in [1.29, 1.82) is 0 Å². The molecule has 18 heavy (non-hydrogen) atoms. The molecular formula is C15H30N2O. The second kappa shape index (κ2) is 7.46. The van der Waals surface area contributed by atoms with Crippen molar-refractivity contribution < 1.29 is 5.11 Å². The minimum Gasteiger partial charge on any atom is -0.393 e. The van der Waals surface area contributed by atoms with Crippen LogP contribution < -0.4 is 5.32 Å². The molecule has 1 saturated heterocycles. The molecule has 1 aliphatic carbocycles. The van der Waals surface area contributed by atoms with Crippen LogP contribution in [0.15, 0.2) is 0 Å². The van der Waals surface area contributed by atoms with Gasteiger partial charge in [-0.2, -0.15) is 0 Å². The van der Waals surface area contributed by atoms with Crippen LogP contribution in [0, 0.1) is 0 Å². The molecule has 0 amide bonds. The Bertz CT molecular complexity index is 219. The van der Waals surface area contributed by atoms with Crippen molar-refractivity contribution in [3.05, 3.63) is 0 Å². The van der Waals surface area contributed by atoms with E-state index in [0.29, 0.717) is 6.04 Å². The standard InChI is InChI=1S/C15H30N2O/c1-13(18)7-10-16-14-8-11-17(12-9-14)15-5-3-2-4-6-15/h13-16,18H,2-12H2,1H3. The van der Waals surface area contributed by atoms with Gasteiger partial charge in [0, 0.05) is 12.1 Å². The van der Waals surface area contributed by atoms with Gasteiger partial charge < -0.3 is 15.3 Å². The summed E-state index contributed by atoms with van der Waals surface area (Å²) in [4.78, 5) is 2.73. The highest BCUT2D eigenvalue weighted by Gasteiger charge is 2.25. The topological polar surface area (TPSA) is 35.5 Å². The number of nitrogens with one attached hydrogen (secondary N) is 1. The number of hydrogen-bond donors (Lipinski definition) is 2. The third kappa shape index (κ3) is 4.52. The lowest BCUT2D eigenvalue weighted by molar-refractivity contribution is 0.114. The average molecular weight is 254 g/mol. The zero-order chi connectivity index (χ0) is 12.8. The van der Waals surface area contributed by atoms with Crippen LogP contribution in [0.3, 0.4) is 0 Å². The van der Waals surface area contributed by atoms with Crippen LogP contribution in [0.1, 0.15) is 58.3 Å². The van der Waals surface area contributed by atoms with E-state index >= 15 is 0 Å². The summed E-state index contributed by atoms with van der Waals surface area (Å²) in [6.07, 6.45) is 10.5. The summed E-state index contributed by atoms with van der Waals surface area (Å²) in [5.41, 5.74) is 0. The maximum absolute atomic E-state index is 9.25. The Labute approximate surface area is 112 Å². The lowest BCUT2D eigenvalue weighted by atomic mass is 9.92. The molecule has 0 aromatic carbocycles. The van der Waals surface area contributed by atoms with Gasteiger partial charge in [-0.05, 0) is 58.7 Å². The quantitative estimate of drug-likeness (QED) is 0.789. The Kier molecular flexibility index (Phi) is 5.93. The monoisotopic (exact) mass is 254 g/mol. The molecule has 3 heteroatoms. The Balaban J connectivity index is 1.61. The highest BCUT2D eigenvalue weighted by atomic mass is 16.3. The van der Waals surface area contributed by atoms with Crippen LogP contribution in [-0.2, 0) is 0 Å².